The minimum Gasteiger partial charge on any atom is -0.381 e. The molecule has 12 heavy (non-hydrogen) atoms. The van der Waals surface area contributed by atoms with Crippen molar-refractivity contribution >= 4 is 21.6 Å². The van der Waals surface area contributed by atoms with Crippen molar-refractivity contribution in [1.82, 2.24) is 0 Å². The Morgan fingerprint density at radius 1 is 1.42 bits per heavy atom. The Kier molecular flexibility index (Phi) is 2.09. The second kappa shape index (κ2) is 3.09. The molecule has 0 amide bonds. The number of rotatable bonds is 2. The lowest BCUT2D eigenvalue weighted by Crippen LogP contribution is -2.01. The first kappa shape index (κ1) is 8.11. The first-order valence-electron chi connectivity index (χ1n) is 4.29. The number of halogens is 1. The van der Waals surface area contributed by atoms with Gasteiger partial charge in [-0.1, -0.05) is 12.1 Å². The van der Waals surface area contributed by atoms with Crippen LogP contribution in [0.5, 0.6) is 0 Å². The Morgan fingerprint density at radius 2 is 2.17 bits per heavy atom. The van der Waals surface area contributed by atoms with Crippen LogP contribution in [0.1, 0.15) is 18.4 Å². The summed E-state index contributed by atoms with van der Waals surface area (Å²) in [6.07, 6.45) is 2.64. The van der Waals surface area contributed by atoms with Crippen molar-refractivity contribution in [2.24, 2.45) is 0 Å². The minimum atomic E-state index is 0.725. The van der Waals surface area contributed by atoms with Gasteiger partial charge in [-0.3, -0.25) is 0 Å². The van der Waals surface area contributed by atoms with Crippen LogP contribution in [-0.2, 0) is 0 Å². The molecule has 0 radical (unpaired) electrons. The highest BCUT2D eigenvalue weighted by molar-refractivity contribution is 9.10. The fraction of sp³-hybridized carbons (Fsp3) is 0.400. The van der Waals surface area contributed by atoms with Gasteiger partial charge in [-0.25, -0.2) is 0 Å². The predicted octanol–water partition coefficient (Wildman–Crippen LogP) is 3.33. The lowest BCUT2D eigenvalue weighted by Gasteiger charge is -2.08. The molecular formula is C10H12BrN. The average Bonchev–Trinajstić information content (AvgIpc) is 2.83. The van der Waals surface area contributed by atoms with Crippen molar-refractivity contribution in [2.75, 3.05) is 5.32 Å². The van der Waals surface area contributed by atoms with Crippen LogP contribution in [0, 0.1) is 6.92 Å². The lowest BCUT2D eigenvalue weighted by molar-refractivity contribution is 1.15. The standard InChI is InChI=1S/C10H12BrN/c1-7-3-2-4-9(10(7)11)12-8-5-6-8/h2-4,8,12H,5-6H2,1H3. The smallest absolute Gasteiger partial charge is 0.0489 e. The van der Waals surface area contributed by atoms with Crippen molar-refractivity contribution in [3.63, 3.8) is 0 Å². The summed E-state index contributed by atoms with van der Waals surface area (Å²) >= 11 is 3.57. The molecule has 1 aromatic rings. The topological polar surface area (TPSA) is 12.0 Å². The molecule has 1 fully saturated rings. The molecule has 1 aliphatic carbocycles. The van der Waals surface area contributed by atoms with E-state index in [0.717, 1.165) is 6.04 Å². The molecule has 0 bridgehead atoms. The van der Waals surface area contributed by atoms with Crippen LogP contribution in [-0.4, -0.2) is 6.04 Å². The van der Waals surface area contributed by atoms with E-state index in [0.29, 0.717) is 0 Å². The summed E-state index contributed by atoms with van der Waals surface area (Å²) in [5.41, 5.74) is 2.53. The molecule has 0 aliphatic heterocycles. The first-order valence-corrected chi connectivity index (χ1v) is 5.08. The Hall–Kier alpha value is -0.500. The van der Waals surface area contributed by atoms with E-state index in [1.165, 1.54) is 28.6 Å². The molecule has 0 spiro atoms. The van der Waals surface area contributed by atoms with Crippen LogP contribution in [0.25, 0.3) is 0 Å². The maximum absolute atomic E-state index is 3.57. The number of benzene rings is 1. The number of nitrogens with one attached hydrogen (secondary N) is 1. The summed E-state index contributed by atoms with van der Waals surface area (Å²) in [5.74, 6) is 0. The Labute approximate surface area is 81.3 Å². The maximum atomic E-state index is 3.57. The maximum Gasteiger partial charge on any atom is 0.0489 e. The highest BCUT2D eigenvalue weighted by Crippen LogP contribution is 2.31. The van der Waals surface area contributed by atoms with Gasteiger partial charge < -0.3 is 5.32 Å². The molecular weight excluding hydrogens is 214 g/mol. The number of aryl methyl sites for hydroxylation is 1. The van der Waals surface area contributed by atoms with Crippen LogP contribution in [0.2, 0.25) is 0 Å². The normalized spacial score (nSPS) is 16.2. The van der Waals surface area contributed by atoms with Gasteiger partial charge in [-0.05, 0) is 47.3 Å². The van der Waals surface area contributed by atoms with Gasteiger partial charge in [-0.2, -0.15) is 0 Å². The summed E-state index contributed by atoms with van der Waals surface area (Å²) in [6.45, 7) is 2.11. The number of anilines is 1. The minimum absolute atomic E-state index is 0.725. The largest absolute Gasteiger partial charge is 0.381 e. The molecule has 1 saturated carbocycles. The summed E-state index contributed by atoms with van der Waals surface area (Å²) in [6, 6.07) is 7.05. The number of hydrogen-bond donors (Lipinski definition) is 1. The molecule has 0 heterocycles. The zero-order chi connectivity index (χ0) is 8.55. The third-order valence-corrected chi connectivity index (χ3v) is 3.18. The van der Waals surface area contributed by atoms with Crippen LogP contribution in [0.15, 0.2) is 22.7 Å². The molecule has 1 aliphatic rings. The fourth-order valence-electron chi connectivity index (χ4n) is 1.21. The molecule has 64 valence electrons. The Balaban J connectivity index is 2.23. The SMILES string of the molecule is Cc1cccc(NC2CC2)c1Br. The van der Waals surface area contributed by atoms with Crippen LogP contribution < -0.4 is 5.32 Å². The lowest BCUT2D eigenvalue weighted by atomic mass is 10.2. The molecule has 2 rings (SSSR count). The van der Waals surface area contributed by atoms with E-state index in [4.69, 9.17) is 0 Å². The van der Waals surface area contributed by atoms with Crippen LogP contribution in [0.3, 0.4) is 0 Å². The molecule has 2 heteroatoms. The van der Waals surface area contributed by atoms with Gasteiger partial charge in [0.25, 0.3) is 0 Å². The zero-order valence-electron chi connectivity index (χ0n) is 7.10. The Morgan fingerprint density at radius 3 is 2.83 bits per heavy atom. The molecule has 1 aromatic carbocycles. The Bertz CT molecular complexity index is 292. The summed E-state index contributed by atoms with van der Waals surface area (Å²) in [5, 5.41) is 3.48. The van der Waals surface area contributed by atoms with E-state index in [1.54, 1.807) is 0 Å². The van der Waals surface area contributed by atoms with E-state index >= 15 is 0 Å². The first-order chi connectivity index (χ1) is 5.77. The van der Waals surface area contributed by atoms with Gasteiger partial charge in [0, 0.05) is 16.2 Å². The number of hydrogen-bond acceptors (Lipinski definition) is 1. The quantitative estimate of drug-likeness (QED) is 0.815. The average molecular weight is 226 g/mol. The van der Waals surface area contributed by atoms with Crippen molar-refractivity contribution < 1.29 is 0 Å². The van der Waals surface area contributed by atoms with E-state index in [1.807, 2.05) is 0 Å². The summed E-state index contributed by atoms with van der Waals surface area (Å²) in [4.78, 5) is 0. The second-order valence-electron chi connectivity index (χ2n) is 3.36. The molecule has 1 nitrogen and oxygen atoms in total. The van der Waals surface area contributed by atoms with Gasteiger partial charge in [-0.15, -0.1) is 0 Å². The second-order valence-corrected chi connectivity index (χ2v) is 4.15. The molecule has 0 aromatic heterocycles. The summed E-state index contributed by atoms with van der Waals surface area (Å²) in [7, 11) is 0. The zero-order valence-corrected chi connectivity index (χ0v) is 8.69. The van der Waals surface area contributed by atoms with Crippen LogP contribution in [0.4, 0.5) is 5.69 Å². The van der Waals surface area contributed by atoms with E-state index < -0.39 is 0 Å². The highest BCUT2D eigenvalue weighted by Gasteiger charge is 2.21. The van der Waals surface area contributed by atoms with E-state index in [9.17, 15) is 0 Å². The van der Waals surface area contributed by atoms with E-state index in [-0.39, 0.29) is 0 Å². The van der Waals surface area contributed by atoms with Crippen molar-refractivity contribution in [2.45, 2.75) is 25.8 Å². The fourth-order valence-corrected chi connectivity index (χ4v) is 1.59. The van der Waals surface area contributed by atoms with Crippen molar-refractivity contribution in [1.29, 1.82) is 0 Å². The van der Waals surface area contributed by atoms with Gasteiger partial charge in [0.15, 0.2) is 0 Å². The third-order valence-electron chi connectivity index (χ3n) is 2.13. The van der Waals surface area contributed by atoms with Gasteiger partial charge in [0.05, 0.1) is 0 Å². The molecule has 0 unspecified atom stereocenters. The van der Waals surface area contributed by atoms with Crippen molar-refractivity contribution in [3.8, 4) is 0 Å². The third kappa shape index (κ3) is 1.63. The van der Waals surface area contributed by atoms with Crippen LogP contribution >= 0.6 is 15.9 Å². The van der Waals surface area contributed by atoms with E-state index in [2.05, 4.69) is 46.4 Å². The van der Waals surface area contributed by atoms with Gasteiger partial charge in [0.2, 0.25) is 0 Å². The molecule has 1 N–H and O–H groups in total. The molecule has 0 atom stereocenters. The van der Waals surface area contributed by atoms with Gasteiger partial charge in [0.1, 0.15) is 0 Å². The summed E-state index contributed by atoms with van der Waals surface area (Å²) < 4.78 is 1.21. The highest BCUT2D eigenvalue weighted by atomic mass is 79.9. The molecule has 0 saturated heterocycles. The monoisotopic (exact) mass is 225 g/mol. The predicted molar refractivity (Wildman–Crippen MR) is 55.5 cm³/mol. The van der Waals surface area contributed by atoms with Gasteiger partial charge >= 0.3 is 0 Å². The van der Waals surface area contributed by atoms with Crippen molar-refractivity contribution in [3.05, 3.63) is 28.2 Å².